The van der Waals surface area contributed by atoms with E-state index in [9.17, 15) is 4.79 Å². The molecule has 4 aromatic rings. The first-order valence-corrected chi connectivity index (χ1v) is 10.2. The van der Waals surface area contributed by atoms with Crippen molar-refractivity contribution < 1.29 is 0 Å². The van der Waals surface area contributed by atoms with Crippen LogP contribution in [0.5, 0.6) is 0 Å². The van der Waals surface area contributed by atoms with Gasteiger partial charge in [-0.05, 0) is 30.2 Å². The highest BCUT2D eigenvalue weighted by Gasteiger charge is 2.16. The number of para-hydroxylation sites is 1. The molecule has 0 amide bonds. The van der Waals surface area contributed by atoms with Crippen molar-refractivity contribution in [3.05, 3.63) is 64.7 Å². The first-order valence-electron chi connectivity index (χ1n) is 9.18. The molecule has 0 aliphatic heterocycles. The number of hydrogen-bond acceptors (Lipinski definition) is 5. The van der Waals surface area contributed by atoms with E-state index in [0.717, 1.165) is 41.3 Å². The molecule has 0 aliphatic rings. The molecule has 0 radical (unpaired) electrons. The lowest BCUT2D eigenvalue weighted by Crippen LogP contribution is -2.23. The zero-order valence-electron chi connectivity index (χ0n) is 15.2. The second-order valence-electron chi connectivity index (χ2n) is 6.45. The molecule has 138 valence electrons. The minimum absolute atomic E-state index is 0.00501. The van der Waals surface area contributed by atoms with Crippen LogP contribution in [-0.2, 0) is 12.3 Å². The summed E-state index contributed by atoms with van der Waals surface area (Å²) in [4.78, 5) is 17.2. The van der Waals surface area contributed by atoms with E-state index in [1.165, 1.54) is 0 Å². The summed E-state index contributed by atoms with van der Waals surface area (Å²) >= 11 is 1.60. The third-order valence-electron chi connectivity index (χ3n) is 4.55. The Hall–Kier alpha value is -2.67. The molecule has 0 spiro atoms. The van der Waals surface area contributed by atoms with Crippen LogP contribution < -0.4 is 5.56 Å². The Labute approximate surface area is 161 Å². The molecule has 27 heavy (non-hydrogen) atoms. The second-order valence-corrected chi connectivity index (χ2v) is 7.39. The number of rotatable bonds is 7. The fourth-order valence-electron chi connectivity index (χ4n) is 3.18. The van der Waals surface area contributed by atoms with Crippen molar-refractivity contribution in [2.45, 2.75) is 43.6 Å². The van der Waals surface area contributed by atoms with E-state index in [1.54, 1.807) is 22.5 Å². The average Bonchev–Trinajstić information content (AvgIpc) is 3.14. The number of aromatic nitrogens is 5. The van der Waals surface area contributed by atoms with Crippen molar-refractivity contribution in [1.29, 1.82) is 0 Å². The van der Waals surface area contributed by atoms with Gasteiger partial charge in [-0.15, -0.1) is 10.2 Å². The van der Waals surface area contributed by atoms with Crippen LogP contribution in [0.1, 0.15) is 31.7 Å². The number of aryl methyl sites for hydroxylation is 1. The first kappa shape index (κ1) is 17.7. The van der Waals surface area contributed by atoms with Gasteiger partial charge < -0.3 is 0 Å². The number of benzene rings is 1. The number of unbranched alkanes of at least 4 members (excludes halogenated alkanes) is 2. The largest absolute Gasteiger partial charge is 0.276 e. The zero-order valence-corrected chi connectivity index (χ0v) is 16.0. The van der Waals surface area contributed by atoms with Crippen molar-refractivity contribution in [3.8, 4) is 0 Å². The van der Waals surface area contributed by atoms with Crippen molar-refractivity contribution in [1.82, 2.24) is 24.1 Å². The van der Waals surface area contributed by atoms with E-state index in [0.29, 0.717) is 17.7 Å². The molecule has 0 atom stereocenters. The van der Waals surface area contributed by atoms with Crippen molar-refractivity contribution >= 4 is 28.4 Å². The van der Waals surface area contributed by atoms with Gasteiger partial charge >= 0.3 is 0 Å². The number of hydrogen-bond donors (Lipinski definition) is 0. The molecule has 0 aliphatic carbocycles. The quantitative estimate of drug-likeness (QED) is 0.360. The van der Waals surface area contributed by atoms with Crippen LogP contribution in [-0.4, -0.2) is 24.1 Å². The Morgan fingerprint density at radius 2 is 1.96 bits per heavy atom. The summed E-state index contributed by atoms with van der Waals surface area (Å²) in [5.41, 5.74) is 1.98. The van der Waals surface area contributed by atoms with Crippen LogP contribution in [0, 0.1) is 0 Å². The van der Waals surface area contributed by atoms with Gasteiger partial charge in [0.15, 0.2) is 5.16 Å². The van der Waals surface area contributed by atoms with Gasteiger partial charge in [-0.2, -0.15) is 0 Å². The molecule has 4 rings (SSSR count). The van der Waals surface area contributed by atoms with E-state index in [1.807, 2.05) is 47.0 Å². The molecule has 0 fully saturated rings. The molecule has 3 heterocycles. The molecule has 0 N–H and O–H groups in total. The highest BCUT2D eigenvalue weighted by molar-refractivity contribution is 7.98. The monoisotopic (exact) mass is 379 g/mol. The molecular formula is C20H21N5OS. The van der Waals surface area contributed by atoms with Crippen molar-refractivity contribution in [2.75, 3.05) is 0 Å². The average molecular weight is 379 g/mol. The number of fused-ring (bicyclic) bond motifs is 3. The molecule has 1 aromatic carbocycles. The van der Waals surface area contributed by atoms with Crippen LogP contribution in [0.2, 0.25) is 0 Å². The van der Waals surface area contributed by atoms with Gasteiger partial charge in [0.1, 0.15) is 0 Å². The summed E-state index contributed by atoms with van der Waals surface area (Å²) in [7, 11) is 0. The molecule has 6 nitrogen and oxygen atoms in total. The third kappa shape index (κ3) is 3.47. The van der Waals surface area contributed by atoms with Gasteiger partial charge in [-0.25, -0.2) is 0 Å². The minimum atomic E-state index is 0.00501. The summed E-state index contributed by atoms with van der Waals surface area (Å²) in [5.74, 6) is 1.36. The Bertz CT molecular complexity index is 1120. The third-order valence-corrected chi connectivity index (χ3v) is 5.55. The lowest BCUT2D eigenvalue weighted by molar-refractivity contribution is 0.594. The summed E-state index contributed by atoms with van der Waals surface area (Å²) in [6.45, 7) is 2.81. The summed E-state index contributed by atoms with van der Waals surface area (Å²) < 4.78 is 3.77. The topological polar surface area (TPSA) is 65.1 Å². The molecule has 7 heteroatoms. The van der Waals surface area contributed by atoms with Crippen LogP contribution >= 0.6 is 11.8 Å². The maximum absolute atomic E-state index is 13.0. The highest BCUT2D eigenvalue weighted by Crippen LogP contribution is 2.24. The Morgan fingerprint density at radius 3 is 2.78 bits per heavy atom. The molecule has 0 saturated heterocycles. The van der Waals surface area contributed by atoms with Crippen LogP contribution in [0.15, 0.2) is 58.7 Å². The van der Waals surface area contributed by atoms with Crippen LogP contribution in [0.4, 0.5) is 0 Å². The van der Waals surface area contributed by atoms with E-state index >= 15 is 0 Å². The predicted molar refractivity (Wildman–Crippen MR) is 108 cm³/mol. The van der Waals surface area contributed by atoms with Crippen LogP contribution in [0.3, 0.4) is 0 Å². The number of thioether (sulfide) groups is 1. The lowest BCUT2D eigenvalue weighted by atomic mass is 10.2. The fourth-order valence-corrected chi connectivity index (χ4v) is 4.05. The van der Waals surface area contributed by atoms with E-state index in [-0.39, 0.29) is 5.56 Å². The van der Waals surface area contributed by atoms with Gasteiger partial charge in [0.25, 0.3) is 5.56 Å². The molecule has 3 aromatic heterocycles. The predicted octanol–water partition coefficient (Wildman–Crippen LogP) is 3.92. The summed E-state index contributed by atoms with van der Waals surface area (Å²) in [6.07, 6.45) is 6.77. The zero-order chi connectivity index (χ0) is 18.6. The highest BCUT2D eigenvalue weighted by atomic mass is 32.2. The lowest BCUT2D eigenvalue weighted by Gasteiger charge is -2.11. The van der Waals surface area contributed by atoms with Crippen molar-refractivity contribution in [3.63, 3.8) is 0 Å². The number of pyridine rings is 1. The Morgan fingerprint density at radius 1 is 1.07 bits per heavy atom. The van der Waals surface area contributed by atoms with Gasteiger partial charge in [-0.3, -0.25) is 18.7 Å². The minimum Gasteiger partial charge on any atom is -0.276 e. The van der Waals surface area contributed by atoms with Gasteiger partial charge in [0.2, 0.25) is 5.78 Å². The first-order chi connectivity index (χ1) is 13.3. The smallest absolute Gasteiger partial charge is 0.262 e. The molecular weight excluding hydrogens is 358 g/mol. The number of nitrogens with zero attached hydrogens (tertiary/aromatic N) is 5. The molecule has 0 bridgehead atoms. The Kier molecular flexibility index (Phi) is 5.20. The maximum Gasteiger partial charge on any atom is 0.262 e. The van der Waals surface area contributed by atoms with Gasteiger partial charge in [-0.1, -0.05) is 49.7 Å². The van der Waals surface area contributed by atoms with E-state index in [2.05, 4.69) is 22.1 Å². The fraction of sp³-hybridized carbons (Fsp3) is 0.300. The van der Waals surface area contributed by atoms with Gasteiger partial charge in [0.05, 0.1) is 10.9 Å². The van der Waals surface area contributed by atoms with Gasteiger partial charge in [0, 0.05) is 24.7 Å². The van der Waals surface area contributed by atoms with Crippen molar-refractivity contribution in [2.24, 2.45) is 0 Å². The summed E-state index contributed by atoms with van der Waals surface area (Å²) in [5, 5.41) is 10.2. The molecule has 0 saturated carbocycles. The second kappa shape index (κ2) is 7.92. The maximum atomic E-state index is 13.0. The van der Waals surface area contributed by atoms with E-state index in [4.69, 9.17) is 0 Å². The SMILES string of the molecule is CCCCCn1c(=O)c2ccccc2n2c(SCc3cccnc3)nnc12. The van der Waals surface area contributed by atoms with Crippen LogP contribution in [0.25, 0.3) is 16.7 Å². The van der Waals surface area contributed by atoms with E-state index < -0.39 is 0 Å². The summed E-state index contributed by atoms with van der Waals surface area (Å²) in [6, 6.07) is 11.7. The molecule has 0 unspecified atom stereocenters. The standard InChI is InChI=1S/C20H21N5OS/c1-2-3-6-12-24-18(26)16-9-4-5-10-17(16)25-19(24)22-23-20(25)27-14-15-8-7-11-21-13-15/h4-5,7-11,13H,2-3,6,12,14H2,1H3. The Balaban J connectivity index is 1.80. The normalized spacial score (nSPS) is 11.4.